The molecule has 2 heterocycles. The first-order valence-electron chi connectivity index (χ1n) is 13.4. The minimum atomic E-state index is -1.48. The molecule has 6 heteroatoms. The molecule has 0 radical (unpaired) electrons. The number of nitrogens with zero attached hydrogens (tertiary/aromatic N) is 1. The summed E-state index contributed by atoms with van der Waals surface area (Å²) in [5.74, 6) is -3.16. The molecule has 0 aromatic heterocycles. The second-order valence-electron chi connectivity index (χ2n) is 10.9. The lowest BCUT2D eigenvalue weighted by molar-refractivity contribution is -0.152. The maximum Gasteiger partial charge on any atom is 0.324 e. The van der Waals surface area contributed by atoms with Crippen LogP contribution in [0.2, 0.25) is 0 Å². The Morgan fingerprint density at radius 1 is 0.892 bits per heavy atom. The highest BCUT2D eigenvalue weighted by atomic mass is 16.4. The molecule has 0 bridgehead atoms. The van der Waals surface area contributed by atoms with Crippen LogP contribution in [0.5, 0.6) is 0 Å². The molecule has 190 valence electrons. The van der Waals surface area contributed by atoms with Gasteiger partial charge in [0, 0.05) is 6.04 Å². The first-order valence-corrected chi connectivity index (χ1v) is 13.4. The van der Waals surface area contributed by atoms with Gasteiger partial charge in [0.2, 0.25) is 11.8 Å². The normalized spacial score (nSPS) is 28.1. The van der Waals surface area contributed by atoms with Crippen molar-refractivity contribution in [3.8, 4) is 0 Å². The van der Waals surface area contributed by atoms with Crippen LogP contribution in [0.4, 0.5) is 0 Å². The van der Waals surface area contributed by atoms with Gasteiger partial charge in [-0.25, -0.2) is 0 Å². The fourth-order valence-corrected chi connectivity index (χ4v) is 7.09. The van der Waals surface area contributed by atoms with E-state index in [-0.39, 0.29) is 24.3 Å². The number of rotatable bonds is 6. The molecule has 3 aliphatic rings. The highest BCUT2D eigenvalue weighted by Crippen LogP contribution is 2.53. The smallest absolute Gasteiger partial charge is 0.324 e. The summed E-state index contributed by atoms with van der Waals surface area (Å²) in [6.45, 7) is 0.160. The Kier molecular flexibility index (Phi) is 6.07. The maximum absolute atomic E-state index is 14.0. The summed E-state index contributed by atoms with van der Waals surface area (Å²) in [4.78, 5) is 42.5. The zero-order valence-electron chi connectivity index (χ0n) is 20.8. The van der Waals surface area contributed by atoms with Gasteiger partial charge in [0.1, 0.15) is 5.54 Å². The Bertz CT molecular complexity index is 1340. The fourth-order valence-electron chi connectivity index (χ4n) is 7.09. The molecule has 2 saturated heterocycles. The fraction of sp³-hybridized carbons (Fsp3) is 0.387. The largest absolute Gasteiger partial charge is 0.480 e. The van der Waals surface area contributed by atoms with E-state index in [2.05, 4.69) is 5.32 Å². The number of imide groups is 1. The summed E-state index contributed by atoms with van der Waals surface area (Å²) in [5.41, 5.74) is 0.251. The van der Waals surface area contributed by atoms with Crippen LogP contribution < -0.4 is 5.32 Å². The van der Waals surface area contributed by atoms with E-state index in [1.807, 2.05) is 72.8 Å². The summed E-state index contributed by atoms with van der Waals surface area (Å²) >= 11 is 0. The quantitative estimate of drug-likeness (QED) is 0.465. The number of hydrogen-bond acceptors (Lipinski definition) is 4. The first kappa shape index (κ1) is 23.9. The first-order chi connectivity index (χ1) is 18.0. The minimum absolute atomic E-state index is 0.160. The molecule has 37 heavy (non-hydrogen) atoms. The Labute approximate surface area is 216 Å². The van der Waals surface area contributed by atoms with Crippen molar-refractivity contribution in [2.24, 2.45) is 17.8 Å². The number of carbonyl (C=O) groups is 3. The van der Waals surface area contributed by atoms with Crippen LogP contribution in [-0.4, -0.2) is 33.3 Å². The van der Waals surface area contributed by atoms with E-state index in [0.29, 0.717) is 6.42 Å². The van der Waals surface area contributed by atoms with Gasteiger partial charge in [-0.1, -0.05) is 105 Å². The second-order valence-corrected chi connectivity index (χ2v) is 10.9. The number of aliphatic carboxylic acids is 1. The summed E-state index contributed by atoms with van der Waals surface area (Å²) in [6.07, 6.45) is 5.61. The summed E-state index contributed by atoms with van der Waals surface area (Å²) in [6, 6.07) is 22.7. The lowest BCUT2D eigenvalue weighted by Gasteiger charge is -2.35. The van der Waals surface area contributed by atoms with Gasteiger partial charge >= 0.3 is 5.97 Å². The molecule has 2 aliphatic heterocycles. The highest BCUT2D eigenvalue weighted by molar-refractivity contribution is 6.09. The van der Waals surface area contributed by atoms with E-state index in [1.54, 1.807) is 0 Å². The van der Waals surface area contributed by atoms with Gasteiger partial charge in [0.15, 0.2) is 0 Å². The van der Waals surface area contributed by atoms with Gasteiger partial charge < -0.3 is 5.11 Å². The van der Waals surface area contributed by atoms with Crippen molar-refractivity contribution in [1.82, 2.24) is 10.2 Å². The lowest BCUT2D eigenvalue weighted by Crippen LogP contribution is -2.56. The molecule has 1 saturated carbocycles. The zero-order chi connectivity index (χ0) is 25.6. The number of amides is 2. The Morgan fingerprint density at radius 3 is 2.35 bits per heavy atom. The monoisotopic (exact) mass is 496 g/mol. The van der Waals surface area contributed by atoms with Gasteiger partial charge in [-0.15, -0.1) is 0 Å². The van der Waals surface area contributed by atoms with Crippen molar-refractivity contribution in [2.75, 3.05) is 0 Å². The van der Waals surface area contributed by atoms with Crippen molar-refractivity contribution in [1.29, 1.82) is 0 Å². The zero-order valence-corrected chi connectivity index (χ0v) is 20.8. The number of benzene rings is 3. The number of hydrogen-bond donors (Lipinski definition) is 2. The van der Waals surface area contributed by atoms with E-state index in [4.69, 9.17) is 0 Å². The molecule has 3 aromatic carbocycles. The molecular formula is C31H32N2O4. The summed E-state index contributed by atoms with van der Waals surface area (Å²) < 4.78 is 0. The topological polar surface area (TPSA) is 86.7 Å². The van der Waals surface area contributed by atoms with Crippen LogP contribution in [0, 0.1) is 17.8 Å². The Hall–Kier alpha value is -3.51. The molecule has 4 unspecified atom stereocenters. The van der Waals surface area contributed by atoms with Gasteiger partial charge in [-0.05, 0) is 34.2 Å². The predicted octanol–water partition coefficient (Wildman–Crippen LogP) is 5.08. The molecule has 6 nitrogen and oxygen atoms in total. The molecule has 2 amide bonds. The van der Waals surface area contributed by atoms with Crippen LogP contribution in [0.25, 0.3) is 10.8 Å². The van der Waals surface area contributed by atoms with Crippen molar-refractivity contribution in [3.05, 3.63) is 83.9 Å². The predicted molar refractivity (Wildman–Crippen MR) is 140 cm³/mol. The van der Waals surface area contributed by atoms with E-state index in [9.17, 15) is 19.5 Å². The van der Waals surface area contributed by atoms with Crippen LogP contribution >= 0.6 is 0 Å². The van der Waals surface area contributed by atoms with Crippen LogP contribution in [0.1, 0.15) is 55.7 Å². The average molecular weight is 497 g/mol. The van der Waals surface area contributed by atoms with E-state index < -0.39 is 29.4 Å². The highest BCUT2D eigenvalue weighted by Gasteiger charge is 2.68. The van der Waals surface area contributed by atoms with E-state index >= 15 is 0 Å². The van der Waals surface area contributed by atoms with E-state index in [0.717, 1.165) is 54.0 Å². The maximum atomic E-state index is 14.0. The second kappa shape index (κ2) is 9.42. The van der Waals surface area contributed by atoms with Crippen molar-refractivity contribution < 1.29 is 19.5 Å². The molecule has 1 aliphatic carbocycles. The molecule has 6 rings (SSSR count). The SMILES string of the molecule is O=C1C2C(c3cccc4ccccc34)NC(CC3CCCCC3)(C(=O)O)C2C(=O)N1Cc1ccccc1. The van der Waals surface area contributed by atoms with E-state index in [1.165, 1.54) is 4.90 Å². The van der Waals surface area contributed by atoms with Crippen molar-refractivity contribution >= 4 is 28.6 Å². The van der Waals surface area contributed by atoms with Gasteiger partial charge in [-0.3, -0.25) is 24.6 Å². The van der Waals surface area contributed by atoms with Crippen LogP contribution in [0.3, 0.4) is 0 Å². The Balaban J connectivity index is 1.46. The minimum Gasteiger partial charge on any atom is -0.480 e. The van der Waals surface area contributed by atoms with Crippen LogP contribution in [0.15, 0.2) is 72.8 Å². The molecule has 3 aromatic rings. The van der Waals surface area contributed by atoms with Crippen molar-refractivity contribution in [3.63, 3.8) is 0 Å². The van der Waals surface area contributed by atoms with Gasteiger partial charge in [-0.2, -0.15) is 0 Å². The summed E-state index contributed by atoms with van der Waals surface area (Å²) in [5, 5.41) is 16.2. The molecule has 3 fully saturated rings. The van der Waals surface area contributed by atoms with Gasteiger partial charge in [0.25, 0.3) is 0 Å². The number of nitrogens with one attached hydrogen (secondary N) is 1. The number of carboxylic acids is 1. The molecule has 4 atom stereocenters. The number of likely N-dealkylation sites (tertiary alicyclic amines) is 1. The number of carboxylic acid groups (broad SMARTS) is 1. The van der Waals surface area contributed by atoms with Crippen LogP contribution in [-0.2, 0) is 20.9 Å². The molecular weight excluding hydrogens is 464 g/mol. The van der Waals surface area contributed by atoms with Crippen molar-refractivity contribution in [2.45, 2.75) is 56.7 Å². The number of carbonyl (C=O) groups excluding carboxylic acids is 2. The third-order valence-electron chi connectivity index (χ3n) is 8.80. The third kappa shape index (κ3) is 3.95. The summed E-state index contributed by atoms with van der Waals surface area (Å²) in [7, 11) is 0. The molecule has 2 N–H and O–H groups in total. The molecule has 0 spiro atoms. The average Bonchev–Trinajstić information content (AvgIpc) is 3.39. The standard InChI is InChI=1S/C31H32N2O4/c34-28-25-26(29(35)33(28)19-21-12-5-2-6-13-21)31(30(36)37,18-20-10-3-1-4-11-20)32-27(25)24-17-9-15-22-14-7-8-16-23(22)24/h2,5-9,12-17,20,25-27,32H,1,3-4,10-11,18-19H2,(H,36,37). The van der Waals surface area contributed by atoms with Gasteiger partial charge in [0.05, 0.1) is 18.4 Å². The Morgan fingerprint density at radius 2 is 1.59 bits per heavy atom. The third-order valence-corrected chi connectivity index (χ3v) is 8.80. The number of fused-ring (bicyclic) bond motifs is 2. The lowest BCUT2D eigenvalue weighted by atomic mass is 9.72.